The third-order valence-electron chi connectivity index (χ3n) is 15.3. The average Bonchev–Trinajstić information content (AvgIpc) is 3.83. The number of aromatic nitrogens is 2. The lowest BCUT2D eigenvalue weighted by atomic mass is 9.65. The standard InChI is InChI=1S/C72H52N2Si/c1-8-26-53(27-9-1)54-46-47-71-67(50-54)66-44-22-23-45-70(66)74(71)61-51-68(55-28-24-36-60(48-55)72(57-30-10-2-11-31-57,58-32-12-3-13-33-58)59-34-14-4-15-35-59)73-69(52-61)56-29-25-43-65(49-56)75(62-37-16-5-17-38-62,63-39-18-6-19-40-63)64-41-20-7-21-42-64/h1-52H. The van der Waals surface area contributed by atoms with Crippen molar-refractivity contribution in [2.24, 2.45) is 0 Å². The van der Waals surface area contributed by atoms with Gasteiger partial charge >= 0.3 is 0 Å². The Morgan fingerprint density at radius 2 is 0.667 bits per heavy atom. The zero-order valence-electron chi connectivity index (χ0n) is 41.4. The lowest BCUT2D eigenvalue weighted by molar-refractivity contribution is 0.745. The van der Waals surface area contributed by atoms with Crippen LogP contribution in [0.25, 0.3) is 61.1 Å². The number of para-hydroxylation sites is 1. The number of fused-ring (bicyclic) bond motifs is 3. The maximum absolute atomic E-state index is 5.78. The molecule has 0 atom stereocenters. The minimum atomic E-state index is -2.87. The average molecular weight is 973 g/mol. The van der Waals surface area contributed by atoms with Crippen molar-refractivity contribution in [1.82, 2.24) is 9.55 Å². The van der Waals surface area contributed by atoms with Crippen LogP contribution in [-0.4, -0.2) is 17.6 Å². The lowest BCUT2D eigenvalue weighted by Crippen LogP contribution is -2.74. The fourth-order valence-electron chi connectivity index (χ4n) is 12.0. The Balaban J connectivity index is 1.08. The van der Waals surface area contributed by atoms with Crippen LogP contribution in [0.3, 0.4) is 0 Å². The number of hydrogen-bond donors (Lipinski definition) is 0. The summed E-state index contributed by atoms with van der Waals surface area (Å²) in [5.41, 5.74) is 13.7. The molecule has 0 bridgehead atoms. The fraction of sp³-hybridized carbons (Fsp3) is 0.0139. The van der Waals surface area contributed by atoms with E-state index >= 15 is 0 Å². The molecule has 0 unspecified atom stereocenters. The molecule has 75 heavy (non-hydrogen) atoms. The van der Waals surface area contributed by atoms with Gasteiger partial charge in [0.05, 0.1) is 33.5 Å². The predicted molar refractivity (Wildman–Crippen MR) is 317 cm³/mol. The Morgan fingerprint density at radius 1 is 0.267 bits per heavy atom. The van der Waals surface area contributed by atoms with Crippen molar-refractivity contribution >= 4 is 50.6 Å². The van der Waals surface area contributed by atoms with Crippen molar-refractivity contribution < 1.29 is 0 Å². The van der Waals surface area contributed by atoms with E-state index in [2.05, 4.69) is 320 Å². The van der Waals surface area contributed by atoms with Crippen LogP contribution in [0.5, 0.6) is 0 Å². The molecule has 3 heteroatoms. The highest BCUT2D eigenvalue weighted by molar-refractivity contribution is 7.19. The highest BCUT2D eigenvalue weighted by atomic mass is 28.3. The Kier molecular flexibility index (Phi) is 11.8. The van der Waals surface area contributed by atoms with Crippen LogP contribution in [0.15, 0.2) is 315 Å². The predicted octanol–water partition coefficient (Wildman–Crippen LogP) is 14.9. The van der Waals surface area contributed by atoms with Crippen LogP contribution in [-0.2, 0) is 5.41 Å². The van der Waals surface area contributed by atoms with Gasteiger partial charge in [-0.2, -0.15) is 0 Å². The molecule has 0 spiro atoms. The van der Waals surface area contributed by atoms with Gasteiger partial charge in [-0.05, 0) is 90.5 Å². The molecule has 0 fully saturated rings. The van der Waals surface area contributed by atoms with Gasteiger partial charge in [0.2, 0.25) is 0 Å². The van der Waals surface area contributed by atoms with Crippen LogP contribution in [0.1, 0.15) is 22.3 Å². The minimum absolute atomic E-state index is 0.627. The normalized spacial score (nSPS) is 11.7. The van der Waals surface area contributed by atoms with E-state index in [1.54, 1.807) is 0 Å². The summed E-state index contributed by atoms with van der Waals surface area (Å²) in [6, 6.07) is 116. The van der Waals surface area contributed by atoms with Gasteiger partial charge in [0.15, 0.2) is 8.07 Å². The summed E-state index contributed by atoms with van der Waals surface area (Å²) in [4.78, 5) is 5.78. The highest BCUT2D eigenvalue weighted by Gasteiger charge is 2.42. The van der Waals surface area contributed by atoms with E-state index in [4.69, 9.17) is 4.98 Å². The zero-order valence-corrected chi connectivity index (χ0v) is 42.4. The molecule has 0 aliphatic rings. The van der Waals surface area contributed by atoms with Crippen molar-refractivity contribution in [3.05, 3.63) is 338 Å². The lowest BCUT2D eigenvalue weighted by Gasteiger charge is -2.37. The monoisotopic (exact) mass is 972 g/mol. The maximum atomic E-state index is 5.78. The molecular weight excluding hydrogens is 921 g/mol. The number of nitrogens with zero attached hydrogens (tertiary/aromatic N) is 2. The van der Waals surface area contributed by atoms with Crippen LogP contribution in [0.2, 0.25) is 0 Å². The molecule has 13 rings (SSSR count). The summed E-state index contributed by atoms with van der Waals surface area (Å²) < 4.78 is 2.45. The topological polar surface area (TPSA) is 17.8 Å². The molecule has 0 saturated carbocycles. The van der Waals surface area contributed by atoms with Gasteiger partial charge in [-0.1, -0.05) is 279 Å². The maximum Gasteiger partial charge on any atom is 0.179 e. The fourth-order valence-corrected chi connectivity index (χ4v) is 16.8. The number of hydrogen-bond acceptors (Lipinski definition) is 1. The number of pyridine rings is 1. The smallest absolute Gasteiger partial charge is 0.179 e. The SMILES string of the molecule is c1ccc(-c2ccc3c(c2)c2ccccc2n3-c2cc(-c3cccc(C(c4ccccc4)(c4ccccc4)c4ccccc4)c3)nc(-c3cccc([Si](c4ccccc4)(c4ccccc4)c4ccccc4)c3)c2)cc1. The second-order valence-electron chi connectivity index (χ2n) is 19.4. The molecule has 0 radical (unpaired) electrons. The third-order valence-corrected chi connectivity index (χ3v) is 20.0. The van der Waals surface area contributed by atoms with Gasteiger partial charge in [-0.15, -0.1) is 0 Å². The van der Waals surface area contributed by atoms with E-state index in [0.29, 0.717) is 0 Å². The van der Waals surface area contributed by atoms with E-state index in [0.717, 1.165) is 44.8 Å². The Labute approximate surface area is 440 Å². The second-order valence-corrected chi connectivity index (χ2v) is 23.2. The van der Waals surface area contributed by atoms with Crippen molar-refractivity contribution in [3.63, 3.8) is 0 Å². The summed E-state index contributed by atoms with van der Waals surface area (Å²) in [6.45, 7) is 0. The van der Waals surface area contributed by atoms with E-state index in [1.807, 2.05) is 0 Å². The van der Waals surface area contributed by atoms with Gasteiger partial charge < -0.3 is 4.57 Å². The minimum Gasteiger partial charge on any atom is -0.309 e. The van der Waals surface area contributed by atoms with Gasteiger partial charge in [0.25, 0.3) is 0 Å². The first-order valence-corrected chi connectivity index (χ1v) is 27.9. The summed E-state index contributed by atoms with van der Waals surface area (Å²) in [5, 5.41) is 7.70. The summed E-state index contributed by atoms with van der Waals surface area (Å²) in [6.07, 6.45) is 0. The molecule has 2 nitrogen and oxygen atoms in total. The third kappa shape index (κ3) is 7.93. The molecule has 354 valence electrons. The van der Waals surface area contributed by atoms with Gasteiger partial charge in [0.1, 0.15) is 0 Å². The van der Waals surface area contributed by atoms with Crippen LogP contribution in [0.4, 0.5) is 0 Å². The van der Waals surface area contributed by atoms with E-state index in [9.17, 15) is 0 Å². The summed E-state index contributed by atoms with van der Waals surface area (Å²) in [7, 11) is -2.87. The molecule has 0 aliphatic heterocycles. The first-order valence-electron chi connectivity index (χ1n) is 25.9. The van der Waals surface area contributed by atoms with E-state index in [1.165, 1.54) is 59.3 Å². The Morgan fingerprint density at radius 3 is 1.20 bits per heavy atom. The summed E-state index contributed by atoms with van der Waals surface area (Å²) in [5.74, 6) is 0. The first-order chi connectivity index (χ1) is 37.2. The molecule has 0 saturated heterocycles. The quantitative estimate of drug-likeness (QED) is 0.0881. The van der Waals surface area contributed by atoms with Crippen molar-refractivity contribution in [2.75, 3.05) is 0 Å². The largest absolute Gasteiger partial charge is 0.309 e. The Bertz CT molecular complexity index is 3700. The first kappa shape index (κ1) is 45.4. The molecule has 2 heterocycles. The summed E-state index contributed by atoms with van der Waals surface area (Å²) >= 11 is 0. The van der Waals surface area contributed by atoms with E-state index in [-0.39, 0.29) is 0 Å². The molecular formula is C72H52N2Si. The number of benzene rings is 11. The number of rotatable bonds is 12. The van der Waals surface area contributed by atoms with Crippen molar-refractivity contribution in [3.8, 4) is 39.3 Å². The molecule has 11 aromatic carbocycles. The van der Waals surface area contributed by atoms with Crippen molar-refractivity contribution in [1.29, 1.82) is 0 Å². The van der Waals surface area contributed by atoms with Gasteiger partial charge in [-0.3, -0.25) is 0 Å². The molecule has 0 amide bonds. The highest BCUT2D eigenvalue weighted by Crippen LogP contribution is 2.46. The molecule has 0 N–H and O–H groups in total. The second kappa shape index (κ2) is 19.5. The molecule has 0 aliphatic carbocycles. The van der Waals surface area contributed by atoms with Crippen LogP contribution in [0, 0.1) is 0 Å². The van der Waals surface area contributed by atoms with Gasteiger partial charge in [0, 0.05) is 21.9 Å². The molecule has 13 aromatic rings. The zero-order chi connectivity index (χ0) is 50.0. The Hall–Kier alpha value is -9.41. The van der Waals surface area contributed by atoms with Crippen molar-refractivity contribution in [2.45, 2.75) is 5.41 Å². The van der Waals surface area contributed by atoms with Crippen LogP contribution >= 0.6 is 0 Å². The molecule has 2 aromatic heterocycles. The van der Waals surface area contributed by atoms with Gasteiger partial charge in [-0.25, -0.2) is 4.98 Å². The van der Waals surface area contributed by atoms with Crippen LogP contribution < -0.4 is 20.7 Å². The van der Waals surface area contributed by atoms with E-state index < -0.39 is 13.5 Å².